The van der Waals surface area contributed by atoms with Crippen LogP contribution in [0.25, 0.3) is 26.8 Å². The number of ether oxygens (including phenoxy) is 1. The van der Waals surface area contributed by atoms with Crippen LogP contribution in [0.3, 0.4) is 0 Å². The van der Waals surface area contributed by atoms with Crippen molar-refractivity contribution in [2.24, 2.45) is 0 Å². The van der Waals surface area contributed by atoms with Gasteiger partial charge >= 0.3 is 0 Å². The standard InChI is InChI=1S/C22H24F2N8OS/c23-19(24)18-16(13-32(29-18)14-4-2-1-3-5-14)22-28-27-21(34-22)15-12-25-31-7-6-17(26-20(15)31)30-8-10-33-11-9-30/h6-7,12-14,19H,1-5,8-11H2. The van der Waals surface area contributed by atoms with E-state index in [9.17, 15) is 8.78 Å². The number of hydrogen-bond acceptors (Lipinski definition) is 8. The fourth-order valence-electron chi connectivity index (χ4n) is 4.68. The average molecular weight is 487 g/mol. The molecule has 9 nitrogen and oxygen atoms in total. The van der Waals surface area contributed by atoms with Gasteiger partial charge < -0.3 is 9.64 Å². The van der Waals surface area contributed by atoms with Crippen LogP contribution >= 0.6 is 11.3 Å². The molecule has 0 unspecified atom stereocenters. The van der Waals surface area contributed by atoms with Crippen LogP contribution in [0.5, 0.6) is 0 Å². The Kier molecular flexibility index (Phi) is 5.69. The first-order valence-corrected chi connectivity index (χ1v) is 12.4. The maximum atomic E-state index is 13.8. The molecule has 5 heterocycles. The van der Waals surface area contributed by atoms with E-state index < -0.39 is 6.43 Å². The van der Waals surface area contributed by atoms with Gasteiger partial charge in [-0.2, -0.15) is 10.2 Å². The van der Waals surface area contributed by atoms with Gasteiger partial charge in [0.2, 0.25) is 0 Å². The first-order chi connectivity index (χ1) is 16.7. The maximum absolute atomic E-state index is 13.8. The summed E-state index contributed by atoms with van der Waals surface area (Å²) in [5.74, 6) is 0.844. The molecular formula is C22H24F2N8OS. The van der Waals surface area contributed by atoms with Crippen molar-refractivity contribution >= 4 is 22.8 Å². The van der Waals surface area contributed by atoms with Crippen molar-refractivity contribution in [3.8, 4) is 21.1 Å². The molecule has 1 aliphatic heterocycles. The number of halogens is 2. The summed E-state index contributed by atoms with van der Waals surface area (Å²) < 4.78 is 36.5. The van der Waals surface area contributed by atoms with E-state index in [2.05, 4.69) is 25.3 Å². The van der Waals surface area contributed by atoms with Crippen molar-refractivity contribution in [1.82, 2.24) is 34.6 Å². The van der Waals surface area contributed by atoms with Gasteiger partial charge in [0.1, 0.15) is 11.5 Å². The summed E-state index contributed by atoms with van der Waals surface area (Å²) in [6, 6.07) is 2.09. The minimum atomic E-state index is -2.68. The summed E-state index contributed by atoms with van der Waals surface area (Å²) in [7, 11) is 0. The highest BCUT2D eigenvalue weighted by atomic mass is 32.1. The Morgan fingerprint density at radius 3 is 2.56 bits per heavy atom. The van der Waals surface area contributed by atoms with Crippen LogP contribution in [-0.4, -0.2) is 60.9 Å². The van der Waals surface area contributed by atoms with Gasteiger partial charge in [0.15, 0.2) is 15.7 Å². The SMILES string of the molecule is FC(F)c1nn(C2CCCCC2)cc1-c1nnc(-c2cnn3ccc(N4CCOCC4)nc23)s1. The molecule has 0 atom stereocenters. The summed E-state index contributed by atoms with van der Waals surface area (Å²) in [4.78, 5) is 6.97. The van der Waals surface area contributed by atoms with Gasteiger partial charge in [0.25, 0.3) is 6.43 Å². The molecule has 6 rings (SSSR count). The van der Waals surface area contributed by atoms with E-state index in [4.69, 9.17) is 9.72 Å². The zero-order chi connectivity index (χ0) is 23.1. The van der Waals surface area contributed by atoms with Crippen molar-refractivity contribution in [2.75, 3.05) is 31.2 Å². The molecule has 2 fully saturated rings. The second-order valence-corrected chi connectivity index (χ2v) is 9.60. The van der Waals surface area contributed by atoms with Crippen LogP contribution in [-0.2, 0) is 4.74 Å². The van der Waals surface area contributed by atoms with Crippen LogP contribution < -0.4 is 4.90 Å². The van der Waals surface area contributed by atoms with Crippen LogP contribution in [0.2, 0.25) is 0 Å². The molecule has 0 aromatic carbocycles. The number of hydrogen-bond donors (Lipinski definition) is 0. The van der Waals surface area contributed by atoms with Crippen LogP contribution in [0.15, 0.2) is 24.7 Å². The van der Waals surface area contributed by atoms with Gasteiger partial charge in [-0.05, 0) is 18.9 Å². The molecule has 1 aliphatic carbocycles. The van der Waals surface area contributed by atoms with Crippen LogP contribution in [0, 0.1) is 0 Å². The third-order valence-corrected chi connectivity index (χ3v) is 7.48. The highest BCUT2D eigenvalue weighted by molar-refractivity contribution is 7.18. The van der Waals surface area contributed by atoms with Gasteiger partial charge in [-0.3, -0.25) is 4.68 Å². The Balaban J connectivity index is 1.34. The molecule has 0 bridgehead atoms. The van der Waals surface area contributed by atoms with E-state index in [-0.39, 0.29) is 11.7 Å². The van der Waals surface area contributed by atoms with Crippen LogP contribution in [0.4, 0.5) is 14.6 Å². The van der Waals surface area contributed by atoms with E-state index in [1.807, 2.05) is 12.3 Å². The van der Waals surface area contributed by atoms with Crippen molar-refractivity contribution in [2.45, 2.75) is 44.6 Å². The lowest BCUT2D eigenvalue weighted by Gasteiger charge is -2.27. The fraction of sp³-hybridized carbons (Fsp3) is 0.500. The van der Waals surface area contributed by atoms with Crippen molar-refractivity contribution in [3.05, 3.63) is 30.4 Å². The second-order valence-electron chi connectivity index (χ2n) is 8.62. The fourth-order valence-corrected chi connectivity index (χ4v) is 5.55. The van der Waals surface area contributed by atoms with Crippen molar-refractivity contribution in [3.63, 3.8) is 0 Å². The topological polar surface area (TPSA) is 86.3 Å². The van der Waals surface area contributed by atoms with Gasteiger partial charge in [0, 0.05) is 25.5 Å². The van der Waals surface area contributed by atoms with Gasteiger partial charge in [0.05, 0.1) is 36.6 Å². The summed E-state index contributed by atoms with van der Waals surface area (Å²) in [5, 5.41) is 18.2. The largest absolute Gasteiger partial charge is 0.378 e. The van der Waals surface area contributed by atoms with Crippen molar-refractivity contribution < 1.29 is 13.5 Å². The quantitative estimate of drug-likeness (QED) is 0.414. The Bertz CT molecular complexity index is 1290. The molecule has 0 spiro atoms. The number of nitrogens with zero attached hydrogens (tertiary/aromatic N) is 8. The molecule has 178 valence electrons. The molecule has 4 aromatic heterocycles. The van der Waals surface area contributed by atoms with Crippen LogP contribution in [0.1, 0.15) is 50.3 Å². The van der Waals surface area contributed by atoms with E-state index in [1.54, 1.807) is 21.6 Å². The van der Waals surface area contributed by atoms with Gasteiger partial charge in [-0.25, -0.2) is 18.3 Å². The Morgan fingerprint density at radius 2 is 1.79 bits per heavy atom. The van der Waals surface area contributed by atoms with E-state index in [0.29, 0.717) is 34.4 Å². The highest BCUT2D eigenvalue weighted by Crippen LogP contribution is 2.38. The number of anilines is 1. The number of morpholine rings is 1. The molecule has 0 amide bonds. The normalized spacial score (nSPS) is 17.8. The lowest BCUT2D eigenvalue weighted by molar-refractivity contribution is 0.122. The lowest BCUT2D eigenvalue weighted by Crippen LogP contribution is -2.36. The van der Waals surface area contributed by atoms with E-state index in [1.165, 1.54) is 17.8 Å². The number of alkyl halides is 2. The molecular weight excluding hydrogens is 462 g/mol. The maximum Gasteiger partial charge on any atom is 0.282 e. The summed E-state index contributed by atoms with van der Waals surface area (Å²) in [6.07, 6.45) is 7.90. The molecule has 1 saturated carbocycles. The van der Waals surface area contributed by atoms with E-state index in [0.717, 1.165) is 50.2 Å². The lowest BCUT2D eigenvalue weighted by atomic mass is 9.96. The Morgan fingerprint density at radius 1 is 1.03 bits per heavy atom. The smallest absolute Gasteiger partial charge is 0.282 e. The van der Waals surface area contributed by atoms with Gasteiger partial charge in [-0.1, -0.05) is 30.6 Å². The summed E-state index contributed by atoms with van der Waals surface area (Å²) in [6.45, 7) is 2.88. The zero-order valence-corrected chi connectivity index (χ0v) is 19.3. The summed E-state index contributed by atoms with van der Waals surface area (Å²) >= 11 is 1.26. The number of fused-ring (bicyclic) bond motifs is 1. The monoisotopic (exact) mass is 486 g/mol. The zero-order valence-electron chi connectivity index (χ0n) is 18.5. The third-order valence-electron chi connectivity index (χ3n) is 6.49. The highest BCUT2D eigenvalue weighted by Gasteiger charge is 2.26. The Labute approximate surface area is 198 Å². The predicted molar refractivity (Wildman–Crippen MR) is 123 cm³/mol. The number of rotatable bonds is 5. The minimum absolute atomic E-state index is 0.162. The molecule has 2 aliphatic rings. The minimum Gasteiger partial charge on any atom is -0.378 e. The molecule has 0 N–H and O–H groups in total. The number of aromatic nitrogens is 7. The van der Waals surface area contributed by atoms with Gasteiger partial charge in [-0.15, -0.1) is 10.2 Å². The predicted octanol–water partition coefficient (Wildman–Crippen LogP) is 4.39. The third kappa shape index (κ3) is 3.94. The second kappa shape index (κ2) is 8.99. The molecule has 0 radical (unpaired) electrons. The average Bonchev–Trinajstić information content (AvgIpc) is 3.62. The molecule has 34 heavy (non-hydrogen) atoms. The first kappa shape index (κ1) is 21.5. The Hall–Kier alpha value is -2.99. The molecule has 12 heteroatoms. The molecule has 4 aromatic rings. The van der Waals surface area contributed by atoms with Crippen molar-refractivity contribution in [1.29, 1.82) is 0 Å². The van der Waals surface area contributed by atoms with E-state index >= 15 is 0 Å². The first-order valence-electron chi connectivity index (χ1n) is 11.6. The summed E-state index contributed by atoms with van der Waals surface area (Å²) in [5.41, 5.74) is 1.49. The molecule has 1 saturated heterocycles.